The van der Waals surface area contributed by atoms with Crippen LogP contribution in [0.2, 0.25) is 10.0 Å². The standard InChI is InChI=1S/C20H16Cl2N4O2S/c21-14-9-8-13(11-15(14)22)19(28)26-10-4-7-16(26)17(27)23-20-25-24-18(29-20)12-5-2-1-3-6-12/h1-3,5-6,8-9,11,16H,4,7,10H2,(H,23,25,27). The zero-order valence-corrected chi connectivity index (χ0v) is 17.5. The summed E-state index contributed by atoms with van der Waals surface area (Å²) in [5.74, 6) is -0.518. The van der Waals surface area contributed by atoms with E-state index in [-0.39, 0.29) is 11.8 Å². The molecule has 6 nitrogen and oxygen atoms in total. The van der Waals surface area contributed by atoms with Crippen molar-refractivity contribution in [3.63, 3.8) is 0 Å². The Kier molecular flexibility index (Phi) is 5.80. The number of carbonyl (C=O) groups excluding carboxylic acids is 2. The molecule has 2 heterocycles. The first-order valence-electron chi connectivity index (χ1n) is 8.99. The topological polar surface area (TPSA) is 75.2 Å². The van der Waals surface area contributed by atoms with Crippen LogP contribution in [0.25, 0.3) is 10.6 Å². The number of nitrogens with one attached hydrogen (secondary N) is 1. The Morgan fingerprint density at radius 1 is 1.07 bits per heavy atom. The maximum Gasteiger partial charge on any atom is 0.254 e. The molecule has 1 aliphatic rings. The predicted molar refractivity (Wildman–Crippen MR) is 114 cm³/mol. The molecule has 0 radical (unpaired) electrons. The fraction of sp³-hybridized carbons (Fsp3) is 0.200. The molecule has 1 atom stereocenters. The second-order valence-electron chi connectivity index (χ2n) is 6.55. The number of carbonyl (C=O) groups is 2. The van der Waals surface area contributed by atoms with Crippen LogP contribution in [0.1, 0.15) is 23.2 Å². The van der Waals surface area contributed by atoms with E-state index in [9.17, 15) is 9.59 Å². The largest absolute Gasteiger partial charge is 0.327 e. The lowest BCUT2D eigenvalue weighted by Crippen LogP contribution is -2.43. The van der Waals surface area contributed by atoms with Crippen LogP contribution in [-0.2, 0) is 4.79 Å². The lowest BCUT2D eigenvalue weighted by atomic mass is 10.1. The second kappa shape index (κ2) is 8.49. The Balaban J connectivity index is 1.47. The van der Waals surface area contributed by atoms with Crippen LogP contribution < -0.4 is 5.32 Å². The van der Waals surface area contributed by atoms with Crippen molar-refractivity contribution in [3.05, 3.63) is 64.1 Å². The van der Waals surface area contributed by atoms with Crippen molar-refractivity contribution in [2.24, 2.45) is 0 Å². The number of hydrogen-bond donors (Lipinski definition) is 1. The van der Waals surface area contributed by atoms with Crippen molar-refractivity contribution in [2.75, 3.05) is 11.9 Å². The van der Waals surface area contributed by atoms with E-state index in [1.807, 2.05) is 30.3 Å². The Hall–Kier alpha value is -2.48. The average Bonchev–Trinajstić information content (AvgIpc) is 3.40. The first-order chi connectivity index (χ1) is 14.0. The lowest BCUT2D eigenvalue weighted by Gasteiger charge is -2.23. The summed E-state index contributed by atoms with van der Waals surface area (Å²) in [5.41, 5.74) is 1.34. The number of aromatic nitrogens is 2. The molecule has 1 fully saturated rings. The second-order valence-corrected chi connectivity index (χ2v) is 8.35. The molecular formula is C20H16Cl2N4O2S. The average molecular weight is 447 g/mol. The number of hydrogen-bond acceptors (Lipinski definition) is 5. The molecule has 0 saturated carbocycles. The van der Waals surface area contributed by atoms with E-state index >= 15 is 0 Å². The first-order valence-corrected chi connectivity index (χ1v) is 10.6. The van der Waals surface area contributed by atoms with Crippen molar-refractivity contribution < 1.29 is 9.59 Å². The van der Waals surface area contributed by atoms with E-state index in [0.29, 0.717) is 33.7 Å². The fourth-order valence-corrected chi connectivity index (χ4v) is 4.29. The number of rotatable bonds is 4. The van der Waals surface area contributed by atoms with E-state index in [2.05, 4.69) is 15.5 Å². The van der Waals surface area contributed by atoms with Gasteiger partial charge in [0.25, 0.3) is 5.91 Å². The number of likely N-dealkylation sites (tertiary alicyclic amines) is 1. The van der Waals surface area contributed by atoms with Gasteiger partial charge in [-0.25, -0.2) is 0 Å². The summed E-state index contributed by atoms with van der Waals surface area (Å²) in [5, 5.41) is 12.8. The highest BCUT2D eigenvalue weighted by molar-refractivity contribution is 7.18. The van der Waals surface area contributed by atoms with Crippen LogP contribution in [-0.4, -0.2) is 39.5 Å². The summed E-state index contributed by atoms with van der Waals surface area (Å²) >= 11 is 13.2. The Morgan fingerprint density at radius 3 is 2.62 bits per heavy atom. The van der Waals surface area contributed by atoms with Gasteiger partial charge in [0, 0.05) is 17.7 Å². The summed E-state index contributed by atoms with van der Waals surface area (Å²) in [6.07, 6.45) is 1.33. The van der Waals surface area contributed by atoms with E-state index < -0.39 is 6.04 Å². The number of anilines is 1. The van der Waals surface area contributed by atoms with Gasteiger partial charge in [0.2, 0.25) is 11.0 Å². The van der Waals surface area contributed by atoms with Crippen LogP contribution >= 0.6 is 34.5 Å². The number of halogens is 2. The fourth-order valence-electron chi connectivity index (χ4n) is 3.24. The molecule has 1 unspecified atom stereocenters. The maximum atomic E-state index is 12.9. The summed E-state index contributed by atoms with van der Waals surface area (Å²) in [7, 11) is 0. The summed E-state index contributed by atoms with van der Waals surface area (Å²) < 4.78 is 0. The molecule has 1 N–H and O–H groups in total. The van der Waals surface area contributed by atoms with Crippen LogP contribution in [0.15, 0.2) is 48.5 Å². The molecule has 9 heteroatoms. The Labute approximate surface area is 181 Å². The van der Waals surface area contributed by atoms with Crippen LogP contribution in [0.5, 0.6) is 0 Å². The van der Waals surface area contributed by atoms with Crippen molar-refractivity contribution in [1.82, 2.24) is 15.1 Å². The van der Waals surface area contributed by atoms with Gasteiger partial charge in [-0.3, -0.25) is 14.9 Å². The molecule has 0 bridgehead atoms. The number of nitrogens with zero attached hydrogens (tertiary/aromatic N) is 3. The molecule has 2 aromatic carbocycles. The molecule has 1 saturated heterocycles. The summed E-state index contributed by atoms with van der Waals surface area (Å²) in [4.78, 5) is 27.3. The highest BCUT2D eigenvalue weighted by Crippen LogP contribution is 2.28. The van der Waals surface area contributed by atoms with Gasteiger partial charge in [-0.15, -0.1) is 10.2 Å². The lowest BCUT2D eigenvalue weighted by molar-refractivity contribution is -0.119. The minimum atomic E-state index is -0.568. The van der Waals surface area contributed by atoms with Crippen LogP contribution in [0.4, 0.5) is 5.13 Å². The Morgan fingerprint density at radius 2 is 1.86 bits per heavy atom. The van der Waals surface area contributed by atoms with E-state index in [0.717, 1.165) is 17.0 Å². The van der Waals surface area contributed by atoms with Crippen molar-refractivity contribution in [3.8, 4) is 10.6 Å². The van der Waals surface area contributed by atoms with Gasteiger partial charge in [0.15, 0.2) is 0 Å². The summed E-state index contributed by atoms with van der Waals surface area (Å²) in [6.45, 7) is 0.503. The minimum absolute atomic E-state index is 0.247. The number of amides is 2. The molecular weight excluding hydrogens is 431 g/mol. The summed E-state index contributed by atoms with van der Waals surface area (Å²) in [6, 6.07) is 13.8. The van der Waals surface area contributed by atoms with E-state index in [1.54, 1.807) is 17.0 Å². The quantitative estimate of drug-likeness (QED) is 0.626. The smallest absolute Gasteiger partial charge is 0.254 e. The third-order valence-electron chi connectivity index (χ3n) is 4.66. The highest BCUT2D eigenvalue weighted by atomic mass is 35.5. The van der Waals surface area contributed by atoms with Gasteiger partial charge in [0.05, 0.1) is 10.0 Å². The molecule has 2 amide bonds. The highest BCUT2D eigenvalue weighted by Gasteiger charge is 2.35. The van der Waals surface area contributed by atoms with E-state index in [4.69, 9.17) is 23.2 Å². The van der Waals surface area contributed by atoms with Gasteiger partial charge >= 0.3 is 0 Å². The third-order valence-corrected chi connectivity index (χ3v) is 6.29. The molecule has 1 aliphatic heterocycles. The predicted octanol–water partition coefficient (Wildman–Crippen LogP) is 4.76. The molecule has 4 rings (SSSR count). The van der Waals surface area contributed by atoms with Gasteiger partial charge in [0.1, 0.15) is 11.0 Å². The third kappa shape index (κ3) is 4.27. The molecule has 29 heavy (non-hydrogen) atoms. The maximum absolute atomic E-state index is 12.9. The van der Waals surface area contributed by atoms with Crippen molar-refractivity contribution in [1.29, 1.82) is 0 Å². The van der Waals surface area contributed by atoms with Gasteiger partial charge in [-0.05, 0) is 31.0 Å². The van der Waals surface area contributed by atoms with Crippen LogP contribution in [0, 0.1) is 0 Å². The molecule has 148 valence electrons. The molecule has 3 aromatic rings. The van der Waals surface area contributed by atoms with Crippen LogP contribution in [0.3, 0.4) is 0 Å². The Bertz CT molecular complexity index is 1060. The normalized spacial score (nSPS) is 16.1. The minimum Gasteiger partial charge on any atom is -0.327 e. The number of benzene rings is 2. The zero-order chi connectivity index (χ0) is 20.4. The molecule has 0 aliphatic carbocycles. The van der Waals surface area contributed by atoms with Gasteiger partial charge < -0.3 is 4.90 Å². The zero-order valence-electron chi connectivity index (χ0n) is 15.1. The van der Waals surface area contributed by atoms with Crippen molar-refractivity contribution in [2.45, 2.75) is 18.9 Å². The first kappa shape index (κ1) is 19.8. The van der Waals surface area contributed by atoms with E-state index in [1.165, 1.54) is 17.4 Å². The monoisotopic (exact) mass is 446 g/mol. The SMILES string of the molecule is O=C(Nc1nnc(-c2ccccc2)s1)C1CCCN1C(=O)c1ccc(Cl)c(Cl)c1. The molecule has 1 aromatic heterocycles. The van der Waals surface area contributed by atoms with Gasteiger partial charge in [-0.1, -0.05) is 64.9 Å². The molecule has 0 spiro atoms. The van der Waals surface area contributed by atoms with Gasteiger partial charge in [-0.2, -0.15) is 0 Å². The van der Waals surface area contributed by atoms with Crippen molar-refractivity contribution >= 4 is 51.5 Å².